The van der Waals surface area contributed by atoms with Gasteiger partial charge < -0.3 is 15.6 Å². The second-order valence-electron chi connectivity index (χ2n) is 4.08. The average Bonchev–Trinajstić information content (AvgIpc) is 2.94. The number of hydrogen-bond donors (Lipinski definition) is 2. The maximum Gasteiger partial charge on any atom is 0.332 e. The zero-order valence-electron chi connectivity index (χ0n) is 9.35. The second-order valence-corrected chi connectivity index (χ2v) is 4.08. The standard InChI is InChI=1S/C10H11N5O3/c11-8-7-9(13-3-12-8)15(4-14-7)6-2-1-5(18-6)10(16)17/h3-6H,1-2H2,(H,16,17)(H2,11,12,13)/t5-,6+/m0/s1. The fraction of sp³-hybridized carbons (Fsp3) is 0.400. The third-order valence-electron chi connectivity index (χ3n) is 2.97. The van der Waals surface area contributed by atoms with Gasteiger partial charge in [-0.2, -0.15) is 0 Å². The molecule has 94 valence electrons. The zero-order valence-corrected chi connectivity index (χ0v) is 9.35. The van der Waals surface area contributed by atoms with E-state index in [0.29, 0.717) is 29.8 Å². The van der Waals surface area contributed by atoms with Crippen LogP contribution in [0, 0.1) is 0 Å². The molecule has 2 atom stereocenters. The lowest BCUT2D eigenvalue weighted by Crippen LogP contribution is -2.19. The Balaban J connectivity index is 1.96. The van der Waals surface area contributed by atoms with Gasteiger partial charge in [0.1, 0.15) is 18.1 Å². The van der Waals surface area contributed by atoms with Gasteiger partial charge in [0.2, 0.25) is 0 Å². The molecule has 3 heterocycles. The summed E-state index contributed by atoms with van der Waals surface area (Å²) in [6.07, 6.45) is 2.83. The van der Waals surface area contributed by atoms with E-state index < -0.39 is 12.1 Å². The molecule has 1 aliphatic heterocycles. The van der Waals surface area contributed by atoms with Crippen LogP contribution < -0.4 is 5.73 Å². The molecule has 2 aromatic heterocycles. The van der Waals surface area contributed by atoms with Crippen LogP contribution in [0.5, 0.6) is 0 Å². The Morgan fingerprint density at radius 2 is 2.28 bits per heavy atom. The molecule has 0 radical (unpaired) electrons. The number of rotatable bonds is 2. The molecule has 2 aromatic rings. The number of ether oxygens (including phenoxy) is 1. The Hall–Kier alpha value is -2.22. The van der Waals surface area contributed by atoms with E-state index in [1.165, 1.54) is 6.33 Å². The van der Waals surface area contributed by atoms with Gasteiger partial charge in [0.05, 0.1) is 6.33 Å². The summed E-state index contributed by atoms with van der Waals surface area (Å²) in [5.74, 6) is -0.650. The zero-order chi connectivity index (χ0) is 12.7. The largest absolute Gasteiger partial charge is 0.479 e. The van der Waals surface area contributed by atoms with Crippen molar-refractivity contribution in [1.82, 2.24) is 19.5 Å². The maximum atomic E-state index is 10.8. The van der Waals surface area contributed by atoms with Crippen LogP contribution in [0.2, 0.25) is 0 Å². The van der Waals surface area contributed by atoms with Crippen molar-refractivity contribution >= 4 is 23.0 Å². The highest BCUT2D eigenvalue weighted by molar-refractivity contribution is 5.81. The van der Waals surface area contributed by atoms with Crippen molar-refractivity contribution in [1.29, 1.82) is 0 Å². The summed E-state index contributed by atoms with van der Waals surface area (Å²) >= 11 is 0. The summed E-state index contributed by atoms with van der Waals surface area (Å²) in [6.45, 7) is 0. The number of carbonyl (C=O) groups is 1. The first-order valence-electron chi connectivity index (χ1n) is 5.48. The van der Waals surface area contributed by atoms with E-state index in [4.69, 9.17) is 15.6 Å². The molecule has 3 rings (SSSR count). The van der Waals surface area contributed by atoms with Gasteiger partial charge in [-0.15, -0.1) is 0 Å². The topological polar surface area (TPSA) is 116 Å². The minimum Gasteiger partial charge on any atom is -0.479 e. The molecule has 1 saturated heterocycles. The molecule has 0 bridgehead atoms. The van der Waals surface area contributed by atoms with Crippen molar-refractivity contribution in [3.63, 3.8) is 0 Å². The third kappa shape index (κ3) is 1.58. The predicted octanol–water partition coefficient (Wildman–Crippen LogP) is 0.171. The third-order valence-corrected chi connectivity index (χ3v) is 2.97. The van der Waals surface area contributed by atoms with Crippen molar-refractivity contribution in [2.75, 3.05) is 5.73 Å². The minimum atomic E-state index is -0.948. The average molecular weight is 249 g/mol. The summed E-state index contributed by atoms with van der Waals surface area (Å²) in [5, 5.41) is 8.89. The summed E-state index contributed by atoms with van der Waals surface area (Å²) in [5.41, 5.74) is 6.74. The number of nitrogens with zero attached hydrogens (tertiary/aromatic N) is 4. The van der Waals surface area contributed by atoms with Crippen molar-refractivity contribution < 1.29 is 14.6 Å². The van der Waals surface area contributed by atoms with Gasteiger partial charge in [0, 0.05) is 0 Å². The highest BCUT2D eigenvalue weighted by Gasteiger charge is 2.32. The van der Waals surface area contributed by atoms with E-state index in [-0.39, 0.29) is 6.23 Å². The summed E-state index contributed by atoms with van der Waals surface area (Å²) < 4.78 is 7.13. The number of anilines is 1. The van der Waals surface area contributed by atoms with E-state index in [1.54, 1.807) is 10.9 Å². The molecule has 3 N–H and O–H groups in total. The van der Waals surface area contributed by atoms with Gasteiger partial charge in [-0.1, -0.05) is 0 Å². The molecule has 0 aliphatic carbocycles. The molecular weight excluding hydrogens is 238 g/mol. The fourth-order valence-corrected chi connectivity index (χ4v) is 2.09. The lowest BCUT2D eigenvalue weighted by molar-refractivity contribution is -0.151. The lowest BCUT2D eigenvalue weighted by Gasteiger charge is -2.12. The first kappa shape index (κ1) is 10.9. The molecule has 0 unspecified atom stereocenters. The lowest BCUT2D eigenvalue weighted by atomic mass is 10.2. The van der Waals surface area contributed by atoms with E-state index in [0.717, 1.165) is 0 Å². The van der Waals surface area contributed by atoms with Crippen LogP contribution in [0.3, 0.4) is 0 Å². The van der Waals surface area contributed by atoms with E-state index >= 15 is 0 Å². The number of hydrogen-bond acceptors (Lipinski definition) is 6. The summed E-state index contributed by atoms with van der Waals surface area (Å²) in [7, 11) is 0. The van der Waals surface area contributed by atoms with E-state index in [2.05, 4.69) is 15.0 Å². The van der Waals surface area contributed by atoms with Crippen LogP contribution in [-0.2, 0) is 9.53 Å². The Kier molecular flexibility index (Phi) is 2.37. The number of carboxylic acid groups (broad SMARTS) is 1. The summed E-state index contributed by atoms with van der Waals surface area (Å²) in [4.78, 5) is 22.9. The van der Waals surface area contributed by atoms with E-state index in [9.17, 15) is 4.79 Å². The Morgan fingerprint density at radius 1 is 1.44 bits per heavy atom. The minimum absolute atomic E-state index is 0.298. The Labute approximate surface area is 101 Å². The fourth-order valence-electron chi connectivity index (χ4n) is 2.09. The molecular formula is C10H11N5O3. The van der Waals surface area contributed by atoms with Gasteiger partial charge in [0.15, 0.2) is 17.6 Å². The monoisotopic (exact) mass is 249 g/mol. The van der Waals surface area contributed by atoms with Crippen molar-refractivity contribution in [2.24, 2.45) is 0 Å². The highest BCUT2D eigenvalue weighted by atomic mass is 16.5. The predicted molar refractivity (Wildman–Crippen MR) is 60.5 cm³/mol. The number of nitrogen functional groups attached to an aromatic ring is 1. The van der Waals surface area contributed by atoms with Crippen LogP contribution in [-0.4, -0.2) is 36.7 Å². The molecule has 0 spiro atoms. The number of fused-ring (bicyclic) bond motifs is 1. The highest BCUT2D eigenvalue weighted by Crippen LogP contribution is 2.30. The van der Waals surface area contributed by atoms with Crippen molar-refractivity contribution in [3.05, 3.63) is 12.7 Å². The Morgan fingerprint density at radius 3 is 3.00 bits per heavy atom. The maximum absolute atomic E-state index is 10.8. The second kappa shape index (κ2) is 3.91. The van der Waals surface area contributed by atoms with Gasteiger partial charge in [-0.05, 0) is 12.8 Å². The van der Waals surface area contributed by atoms with Crippen LogP contribution >= 0.6 is 0 Å². The molecule has 8 nitrogen and oxygen atoms in total. The number of carboxylic acids is 1. The SMILES string of the molecule is Nc1ncnc2c1ncn2[C@H]1CC[C@@H](C(=O)O)O1. The Bertz CT molecular complexity index is 611. The van der Waals surface area contributed by atoms with Crippen molar-refractivity contribution in [3.8, 4) is 0 Å². The smallest absolute Gasteiger partial charge is 0.332 e. The molecule has 1 fully saturated rings. The molecule has 18 heavy (non-hydrogen) atoms. The van der Waals surface area contributed by atoms with Gasteiger partial charge in [0.25, 0.3) is 0 Å². The van der Waals surface area contributed by atoms with Crippen LogP contribution in [0.4, 0.5) is 5.82 Å². The van der Waals surface area contributed by atoms with Crippen LogP contribution in [0.15, 0.2) is 12.7 Å². The van der Waals surface area contributed by atoms with Gasteiger partial charge in [-0.3, -0.25) is 4.57 Å². The molecule has 0 amide bonds. The van der Waals surface area contributed by atoms with Crippen LogP contribution in [0.1, 0.15) is 19.1 Å². The number of aromatic nitrogens is 4. The quantitative estimate of drug-likeness (QED) is 0.779. The number of aliphatic carboxylic acids is 1. The van der Waals surface area contributed by atoms with Gasteiger partial charge >= 0.3 is 5.97 Å². The van der Waals surface area contributed by atoms with Crippen LogP contribution in [0.25, 0.3) is 11.2 Å². The van der Waals surface area contributed by atoms with Gasteiger partial charge in [-0.25, -0.2) is 19.7 Å². The first-order chi connectivity index (χ1) is 8.66. The summed E-state index contributed by atoms with van der Waals surface area (Å²) in [6, 6.07) is 0. The number of nitrogens with two attached hydrogens (primary N) is 1. The van der Waals surface area contributed by atoms with Crippen molar-refractivity contribution in [2.45, 2.75) is 25.2 Å². The molecule has 8 heteroatoms. The number of imidazole rings is 1. The van der Waals surface area contributed by atoms with E-state index in [1.807, 2.05) is 0 Å². The normalized spacial score (nSPS) is 23.6. The molecule has 0 saturated carbocycles. The first-order valence-corrected chi connectivity index (χ1v) is 5.48. The molecule has 0 aromatic carbocycles. The molecule has 1 aliphatic rings.